The van der Waals surface area contributed by atoms with E-state index in [1.54, 1.807) is 24.3 Å². The van der Waals surface area contributed by atoms with Crippen molar-refractivity contribution < 1.29 is 14.1 Å². The van der Waals surface area contributed by atoms with Gasteiger partial charge in [0.05, 0.1) is 4.92 Å². The molecule has 0 aromatic heterocycles. The van der Waals surface area contributed by atoms with E-state index < -0.39 is 11.6 Å². The molecule has 0 fully saturated rings. The highest BCUT2D eigenvalue weighted by molar-refractivity contribution is 5.41. The maximum absolute atomic E-state index is 12.7. The summed E-state index contributed by atoms with van der Waals surface area (Å²) in [7, 11) is 0. The number of hydrogen-bond acceptors (Lipinski definition) is 3. The van der Waals surface area contributed by atoms with Crippen molar-refractivity contribution in [3.63, 3.8) is 0 Å². The summed E-state index contributed by atoms with van der Waals surface area (Å²) in [6.07, 6.45) is 0. The fourth-order valence-electron chi connectivity index (χ4n) is 1.48. The molecule has 0 aliphatic heterocycles. The minimum absolute atomic E-state index is 0.0128. The van der Waals surface area contributed by atoms with Crippen molar-refractivity contribution in [1.82, 2.24) is 0 Å². The van der Waals surface area contributed by atoms with Gasteiger partial charge in [-0.3, -0.25) is 10.1 Å². The number of nitro groups is 1. The summed E-state index contributed by atoms with van der Waals surface area (Å²) in [5, 5.41) is 10.5. The Morgan fingerprint density at radius 3 is 2.39 bits per heavy atom. The number of nitrogens with zero attached hydrogens (tertiary/aromatic N) is 1. The van der Waals surface area contributed by atoms with Gasteiger partial charge in [-0.2, -0.15) is 0 Å². The van der Waals surface area contributed by atoms with E-state index in [4.69, 9.17) is 4.74 Å². The van der Waals surface area contributed by atoms with E-state index in [2.05, 4.69) is 0 Å². The highest BCUT2D eigenvalue weighted by Gasteiger charge is 2.07. The molecule has 92 valence electrons. The molecule has 4 nitrogen and oxygen atoms in total. The van der Waals surface area contributed by atoms with Gasteiger partial charge in [-0.25, -0.2) is 4.39 Å². The summed E-state index contributed by atoms with van der Waals surface area (Å²) in [6.45, 7) is -0.622. The molecular formula is C13H10FNO3. The van der Waals surface area contributed by atoms with Crippen LogP contribution in [0.5, 0.6) is 11.5 Å². The number of rotatable bonds is 4. The highest BCUT2D eigenvalue weighted by Crippen LogP contribution is 2.27. The first-order chi connectivity index (χ1) is 8.70. The monoisotopic (exact) mass is 247 g/mol. The van der Waals surface area contributed by atoms with Crippen molar-refractivity contribution in [2.45, 2.75) is 6.67 Å². The zero-order chi connectivity index (χ0) is 13.0. The Kier molecular flexibility index (Phi) is 3.52. The Balaban J connectivity index is 2.21. The second kappa shape index (κ2) is 5.27. The summed E-state index contributed by atoms with van der Waals surface area (Å²) < 4.78 is 18.2. The van der Waals surface area contributed by atoms with Gasteiger partial charge in [0.1, 0.15) is 18.2 Å². The van der Waals surface area contributed by atoms with Crippen molar-refractivity contribution in [1.29, 1.82) is 0 Å². The Morgan fingerprint density at radius 2 is 1.78 bits per heavy atom. The van der Waals surface area contributed by atoms with Crippen LogP contribution in [0.15, 0.2) is 48.5 Å². The van der Waals surface area contributed by atoms with Crippen LogP contribution in [-0.4, -0.2) is 4.92 Å². The molecule has 5 heteroatoms. The number of hydrogen-bond donors (Lipinski definition) is 0. The molecule has 2 aromatic rings. The van der Waals surface area contributed by atoms with Gasteiger partial charge in [-0.15, -0.1) is 0 Å². The number of benzene rings is 2. The predicted octanol–water partition coefficient (Wildman–Crippen LogP) is 3.86. The molecule has 0 bridgehead atoms. The quantitative estimate of drug-likeness (QED) is 0.609. The SMILES string of the molecule is O=[N+]([O-])c1ccc(Oc2ccccc2CF)cc1. The first-order valence-corrected chi connectivity index (χ1v) is 5.27. The molecule has 0 saturated heterocycles. The summed E-state index contributed by atoms with van der Waals surface area (Å²) in [6, 6.07) is 12.4. The van der Waals surface area contributed by atoms with Gasteiger partial charge in [0.25, 0.3) is 5.69 Å². The molecule has 0 saturated carbocycles. The second-order valence-electron chi connectivity index (χ2n) is 3.59. The van der Waals surface area contributed by atoms with E-state index in [1.807, 2.05) is 0 Å². The first-order valence-electron chi connectivity index (χ1n) is 5.27. The lowest BCUT2D eigenvalue weighted by Gasteiger charge is -2.08. The summed E-state index contributed by atoms with van der Waals surface area (Å²) in [5.74, 6) is 0.843. The van der Waals surface area contributed by atoms with Crippen LogP contribution in [0.2, 0.25) is 0 Å². The van der Waals surface area contributed by atoms with E-state index in [0.29, 0.717) is 17.1 Å². The van der Waals surface area contributed by atoms with Gasteiger partial charge in [0.15, 0.2) is 0 Å². The molecule has 0 N–H and O–H groups in total. The molecular weight excluding hydrogens is 237 g/mol. The van der Waals surface area contributed by atoms with Gasteiger partial charge < -0.3 is 4.74 Å². The van der Waals surface area contributed by atoms with Crippen LogP contribution in [0.4, 0.5) is 10.1 Å². The Labute approximate surface area is 103 Å². The third-order valence-corrected chi connectivity index (χ3v) is 2.39. The van der Waals surface area contributed by atoms with Crippen LogP contribution < -0.4 is 4.74 Å². The number of ether oxygens (including phenoxy) is 1. The maximum atomic E-state index is 12.7. The molecule has 0 aliphatic carbocycles. The van der Waals surface area contributed by atoms with Gasteiger partial charge in [0.2, 0.25) is 0 Å². The number of alkyl halides is 1. The smallest absolute Gasteiger partial charge is 0.269 e. The standard InChI is InChI=1S/C13H10FNO3/c14-9-10-3-1-2-4-13(10)18-12-7-5-11(6-8-12)15(16)17/h1-8H,9H2. The second-order valence-corrected chi connectivity index (χ2v) is 3.59. The lowest BCUT2D eigenvalue weighted by molar-refractivity contribution is -0.384. The molecule has 0 spiro atoms. The Bertz CT molecular complexity index is 554. The zero-order valence-electron chi connectivity index (χ0n) is 9.38. The lowest BCUT2D eigenvalue weighted by atomic mass is 10.2. The predicted molar refractivity (Wildman–Crippen MR) is 64.4 cm³/mol. The van der Waals surface area contributed by atoms with Crippen LogP contribution in [0.25, 0.3) is 0 Å². The van der Waals surface area contributed by atoms with Crippen molar-refractivity contribution in [3.8, 4) is 11.5 Å². The van der Waals surface area contributed by atoms with Gasteiger partial charge >= 0.3 is 0 Å². The van der Waals surface area contributed by atoms with Crippen LogP contribution >= 0.6 is 0 Å². The highest BCUT2D eigenvalue weighted by atomic mass is 19.1. The molecule has 0 radical (unpaired) electrons. The van der Waals surface area contributed by atoms with Gasteiger partial charge in [-0.1, -0.05) is 18.2 Å². The molecule has 0 amide bonds. The third-order valence-electron chi connectivity index (χ3n) is 2.39. The molecule has 18 heavy (non-hydrogen) atoms. The van der Waals surface area contributed by atoms with E-state index in [0.717, 1.165) is 0 Å². The first kappa shape index (κ1) is 12.0. The van der Waals surface area contributed by atoms with Crippen molar-refractivity contribution in [3.05, 3.63) is 64.2 Å². The third kappa shape index (κ3) is 2.63. The molecule has 2 aromatic carbocycles. The van der Waals surface area contributed by atoms with Gasteiger partial charge in [-0.05, 0) is 18.2 Å². The molecule has 2 rings (SSSR count). The average molecular weight is 247 g/mol. The molecule has 0 aliphatic rings. The number of nitro benzene ring substituents is 1. The minimum atomic E-state index is -0.622. The van der Waals surface area contributed by atoms with E-state index in [-0.39, 0.29) is 5.69 Å². The van der Waals surface area contributed by atoms with E-state index in [9.17, 15) is 14.5 Å². The summed E-state index contributed by atoms with van der Waals surface area (Å²) in [4.78, 5) is 10.00. The molecule has 0 atom stereocenters. The van der Waals surface area contributed by atoms with Crippen molar-refractivity contribution in [2.24, 2.45) is 0 Å². The summed E-state index contributed by atoms with van der Waals surface area (Å²) >= 11 is 0. The van der Waals surface area contributed by atoms with E-state index in [1.165, 1.54) is 24.3 Å². The Morgan fingerprint density at radius 1 is 1.11 bits per heavy atom. The number of para-hydroxylation sites is 1. The van der Waals surface area contributed by atoms with E-state index >= 15 is 0 Å². The lowest BCUT2D eigenvalue weighted by Crippen LogP contribution is -1.91. The molecule has 0 heterocycles. The topological polar surface area (TPSA) is 52.4 Å². The van der Waals surface area contributed by atoms with Crippen LogP contribution in [-0.2, 0) is 6.67 Å². The average Bonchev–Trinajstić information content (AvgIpc) is 2.40. The number of non-ortho nitro benzene ring substituents is 1. The summed E-state index contributed by atoms with van der Waals surface area (Å²) in [5.41, 5.74) is 0.428. The zero-order valence-corrected chi connectivity index (χ0v) is 9.38. The molecule has 0 unspecified atom stereocenters. The largest absolute Gasteiger partial charge is 0.457 e. The maximum Gasteiger partial charge on any atom is 0.269 e. The van der Waals surface area contributed by atoms with Gasteiger partial charge in [0, 0.05) is 17.7 Å². The fraction of sp³-hybridized carbons (Fsp3) is 0.0769. The van der Waals surface area contributed by atoms with Crippen molar-refractivity contribution in [2.75, 3.05) is 0 Å². The van der Waals surface area contributed by atoms with Crippen LogP contribution in [0, 0.1) is 10.1 Å². The van der Waals surface area contributed by atoms with Crippen LogP contribution in [0.3, 0.4) is 0 Å². The normalized spacial score (nSPS) is 10.1. The number of halogens is 1. The van der Waals surface area contributed by atoms with Crippen LogP contribution in [0.1, 0.15) is 5.56 Å². The Hall–Kier alpha value is -2.43. The minimum Gasteiger partial charge on any atom is -0.457 e. The fourth-order valence-corrected chi connectivity index (χ4v) is 1.48. The van der Waals surface area contributed by atoms with Crippen molar-refractivity contribution >= 4 is 5.69 Å².